The normalized spacial score (nSPS) is 17.0. The number of halogens is 4. The Hall–Kier alpha value is -2.14. The van der Waals surface area contributed by atoms with Gasteiger partial charge in [0.1, 0.15) is 0 Å². The van der Waals surface area contributed by atoms with Gasteiger partial charge >= 0.3 is 0 Å². The van der Waals surface area contributed by atoms with E-state index in [0.29, 0.717) is 5.02 Å². The number of hydrogen-bond acceptors (Lipinski definition) is 4. The van der Waals surface area contributed by atoms with Crippen molar-refractivity contribution >= 4 is 33.2 Å². The number of carbonyl (C=O) groups is 1. The van der Waals surface area contributed by atoms with E-state index in [9.17, 15) is 26.4 Å². The van der Waals surface area contributed by atoms with Crippen LogP contribution in [0.5, 0.6) is 0 Å². The highest BCUT2D eigenvalue weighted by molar-refractivity contribution is 7.89. The minimum absolute atomic E-state index is 0.0862. The van der Waals surface area contributed by atoms with Crippen LogP contribution in [-0.4, -0.2) is 55.8 Å². The summed E-state index contributed by atoms with van der Waals surface area (Å²) in [4.78, 5) is 14.2. The number of nitrogens with zero attached hydrogens (tertiary/aromatic N) is 2. The van der Waals surface area contributed by atoms with E-state index in [1.807, 2.05) is 0 Å². The predicted octanol–water partition coefficient (Wildman–Crippen LogP) is 3.09. The number of amides is 1. The molecule has 1 heterocycles. The second-order valence-electron chi connectivity index (χ2n) is 6.79. The molecule has 1 atom stereocenters. The van der Waals surface area contributed by atoms with E-state index >= 15 is 0 Å². The minimum Gasteiger partial charge on any atom is -0.322 e. The van der Waals surface area contributed by atoms with Gasteiger partial charge in [0.25, 0.3) is 0 Å². The van der Waals surface area contributed by atoms with Gasteiger partial charge in [0.2, 0.25) is 15.9 Å². The van der Waals surface area contributed by atoms with Crippen LogP contribution in [0.15, 0.2) is 41.3 Å². The van der Waals surface area contributed by atoms with Crippen molar-refractivity contribution in [3.05, 3.63) is 58.9 Å². The minimum atomic E-state index is -3.72. The highest BCUT2D eigenvalue weighted by Crippen LogP contribution is 2.23. The van der Waals surface area contributed by atoms with Crippen LogP contribution < -0.4 is 5.32 Å². The molecule has 1 saturated heterocycles. The van der Waals surface area contributed by atoms with Crippen LogP contribution in [0, 0.1) is 17.5 Å². The van der Waals surface area contributed by atoms with Crippen LogP contribution in [0.2, 0.25) is 5.02 Å². The first-order valence-electron chi connectivity index (χ1n) is 9.05. The van der Waals surface area contributed by atoms with Gasteiger partial charge in [-0.05, 0) is 37.3 Å². The van der Waals surface area contributed by atoms with Gasteiger partial charge in [0.05, 0.1) is 16.6 Å². The lowest BCUT2D eigenvalue weighted by Crippen LogP contribution is -2.53. The van der Waals surface area contributed by atoms with Gasteiger partial charge in [-0.1, -0.05) is 17.7 Å². The third-order valence-electron chi connectivity index (χ3n) is 4.93. The van der Waals surface area contributed by atoms with Gasteiger partial charge in [0.15, 0.2) is 17.5 Å². The molecule has 1 N–H and O–H groups in total. The van der Waals surface area contributed by atoms with Gasteiger partial charge in [-0.25, -0.2) is 21.6 Å². The van der Waals surface area contributed by atoms with E-state index in [1.165, 1.54) is 16.4 Å². The van der Waals surface area contributed by atoms with Crippen LogP contribution in [0.4, 0.5) is 18.9 Å². The van der Waals surface area contributed by atoms with Crippen LogP contribution in [0.1, 0.15) is 6.92 Å². The molecule has 30 heavy (non-hydrogen) atoms. The van der Waals surface area contributed by atoms with E-state index in [1.54, 1.807) is 24.0 Å². The fraction of sp³-hybridized carbons (Fsp3) is 0.316. The average Bonchev–Trinajstić information content (AvgIpc) is 2.73. The van der Waals surface area contributed by atoms with Gasteiger partial charge in [-0.2, -0.15) is 4.31 Å². The summed E-state index contributed by atoms with van der Waals surface area (Å²) >= 11 is 5.88. The van der Waals surface area contributed by atoms with E-state index in [2.05, 4.69) is 5.32 Å². The van der Waals surface area contributed by atoms with Crippen molar-refractivity contribution in [2.75, 3.05) is 31.5 Å². The summed E-state index contributed by atoms with van der Waals surface area (Å²) in [6, 6.07) is 6.87. The Kier molecular flexibility index (Phi) is 6.71. The lowest BCUT2D eigenvalue weighted by atomic mass is 10.2. The lowest BCUT2D eigenvalue weighted by molar-refractivity contribution is -0.121. The van der Waals surface area contributed by atoms with Gasteiger partial charge in [-0.15, -0.1) is 0 Å². The van der Waals surface area contributed by atoms with Gasteiger partial charge in [-0.3, -0.25) is 9.69 Å². The molecule has 0 bridgehead atoms. The number of hydrogen-bond donors (Lipinski definition) is 1. The Morgan fingerprint density at radius 2 is 1.73 bits per heavy atom. The first-order chi connectivity index (χ1) is 14.1. The van der Waals surface area contributed by atoms with Crippen LogP contribution in [0.3, 0.4) is 0 Å². The first-order valence-corrected chi connectivity index (χ1v) is 10.9. The molecular formula is C19H19ClF3N3O3S. The maximum atomic E-state index is 13.8. The monoisotopic (exact) mass is 461 g/mol. The first kappa shape index (κ1) is 22.5. The summed E-state index contributed by atoms with van der Waals surface area (Å²) in [6.45, 7) is 2.37. The Morgan fingerprint density at radius 3 is 2.37 bits per heavy atom. The molecule has 1 aliphatic heterocycles. The van der Waals surface area contributed by atoms with Crippen LogP contribution >= 0.6 is 11.6 Å². The Morgan fingerprint density at radius 1 is 1.07 bits per heavy atom. The topological polar surface area (TPSA) is 69.7 Å². The number of anilines is 1. The van der Waals surface area contributed by atoms with Crippen LogP contribution in [0.25, 0.3) is 0 Å². The lowest BCUT2D eigenvalue weighted by Gasteiger charge is -2.36. The van der Waals surface area contributed by atoms with Crippen molar-refractivity contribution < 1.29 is 26.4 Å². The summed E-state index contributed by atoms with van der Waals surface area (Å²) in [7, 11) is -3.72. The van der Waals surface area contributed by atoms with E-state index in [-0.39, 0.29) is 31.1 Å². The Bertz CT molecular complexity index is 1060. The summed E-state index contributed by atoms with van der Waals surface area (Å²) in [6.07, 6.45) is 0. The maximum absolute atomic E-state index is 13.8. The molecule has 1 amide bonds. The molecule has 0 spiro atoms. The fourth-order valence-electron chi connectivity index (χ4n) is 3.13. The number of sulfonamides is 1. The number of rotatable bonds is 5. The molecule has 0 radical (unpaired) electrons. The van der Waals surface area contributed by atoms with Gasteiger partial charge < -0.3 is 5.32 Å². The van der Waals surface area contributed by atoms with Crippen molar-refractivity contribution in [1.82, 2.24) is 9.21 Å². The molecule has 1 aliphatic rings. The SMILES string of the molecule is C[C@@H](C(=O)Nc1ccc(F)c(F)c1F)N1CCN(S(=O)(=O)c2cccc(Cl)c2)CC1. The van der Waals surface area contributed by atoms with E-state index in [4.69, 9.17) is 11.6 Å². The van der Waals surface area contributed by atoms with Crippen molar-refractivity contribution in [3.8, 4) is 0 Å². The molecular weight excluding hydrogens is 443 g/mol. The van der Waals surface area contributed by atoms with Crippen molar-refractivity contribution in [1.29, 1.82) is 0 Å². The fourth-order valence-corrected chi connectivity index (χ4v) is 4.86. The molecule has 162 valence electrons. The summed E-state index contributed by atoms with van der Waals surface area (Å²) in [5, 5.41) is 2.55. The largest absolute Gasteiger partial charge is 0.322 e. The number of nitrogens with one attached hydrogen (secondary N) is 1. The third kappa shape index (κ3) is 4.61. The number of benzene rings is 2. The van der Waals surface area contributed by atoms with Crippen molar-refractivity contribution in [3.63, 3.8) is 0 Å². The highest BCUT2D eigenvalue weighted by Gasteiger charge is 2.32. The zero-order chi connectivity index (χ0) is 22.1. The molecule has 6 nitrogen and oxygen atoms in total. The van der Waals surface area contributed by atoms with E-state index < -0.39 is 45.1 Å². The average molecular weight is 462 g/mol. The summed E-state index contributed by atoms with van der Waals surface area (Å²) in [5.74, 6) is -5.12. The molecule has 0 aromatic heterocycles. The molecule has 2 aromatic rings. The molecule has 0 saturated carbocycles. The third-order valence-corrected chi connectivity index (χ3v) is 7.06. The molecule has 11 heteroatoms. The maximum Gasteiger partial charge on any atom is 0.243 e. The molecule has 3 rings (SSSR count). The zero-order valence-electron chi connectivity index (χ0n) is 15.9. The number of carbonyl (C=O) groups excluding carboxylic acids is 1. The smallest absolute Gasteiger partial charge is 0.243 e. The standard InChI is InChI=1S/C19H19ClF3N3O3S/c1-12(19(27)24-16-6-5-15(21)17(22)18(16)23)25-7-9-26(10-8-25)30(28,29)14-4-2-3-13(20)11-14/h2-6,11-12H,7-10H2,1H3,(H,24,27)/t12-/m0/s1. The predicted molar refractivity (Wildman–Crippen MR) is 106 cm³/mol. The van der Waals surface area contributed by atoms with Crippen molar-refractivity contribution in [2.24, 2.45) is 0 Å². The van der Waals surface area contributed by atoms with E-state index in [0.717, 1.165) is 12.1 Å². The second kappa shape index (κ2) is 8.93. The summed E-state index contributed by atoms with van der Waals surface area (Å²) in [5.41, 5.74) is -0.465. The van der Waals surface area contributed by atoms with Crippen molar-refractivity contribution in [2.45, 2.75) is 17.9 Å². The molecule has 0 unspecified atom stereocenters. The number of piperazine rings is 1. The molecule has 0 aliphatic carbocycles. The quantitative estimate of drug-likeness (QED) is 0.695. The van der Waals surface area contributed by atoms with Gasteiger partial charge in [0, 0.05) is 31.2 Å². The highest BCUT2D eigenvalue weighted by atomic mass is 35.5. The Labute approximate surface area is 177 Å². The zero-order valence-corrected chi connectivity index (χ0v) is 17.5. The van der Waals surface area contributed by atoms with Crippen LogP contribution in [-0.2, 0) is 14.8 Å². The Balaban J connectivity index is 1.63. The summed E-state index contributed by atoms with van der Waals surface area (Å²) < 4.78 is 66.9. The molecule has 1 fully saturated rings. The second-order valence-corrected chi connectivity index (χ2v) is 9.16. The molecule has 2 aromatic carbocycles.